The number of anilines is 1. The molecule has 0 aliphatic carbocycles. The van der Waals surface area contributed by atoms with Gasteiger partial charge in [-0.2, -0.15) is 4.31 Å². The number of nitro benzene ring substituents is 1. The molecule has 1 heterocycles. The number of benzene rings is 2. The highest BCUT2D eigenvalue weighted by Crippen LogP contribution is 2.32. The van der Waals surface area contributed by atoms with E-state index in [1.54, 1.807) is 18.0 Å². The normalized spacial score (nSPS) is 15.3. The molecular formula is C18H19ClFN3O5S. The molecule has 2 aromatic carbocycles. The zero-order chi connectivity index (χ0) is 21.2. The van der Waals surface area contributed by atoms with E-state index in [0.29, 0.717) is 5.56 Å². The Morgan fingerprint density at radius 3 is 2.55 bits per heavy atom. The Morgan fingerprint density at radius 1 is 1.24 bits per heavy atom. The summed E-state index contributed by atoms with van der Waals surface area (Å²) in [5.74, 6) is -0.581. The van der Waals surface area contributed by atoms with E-state index in [9.17, 15) is 22.9 Å². The number of nitrogens with zero attached hydrogens (tertiary/aromatic N) is 3. The lowest BCUT2D eigenvalue weighted by molar-refractivity contribution is -0.385. The van der Waals surface area contributed by atoms with Crippen LogP contribution in [-0.4, -0.2) is 51.0 Å². The first-order valence-electron chi connectivity index (χ1n) is 8.71. The van der Waals surface area contributed by atoms with Crippen molar-refractivity contribution in [1.82, 2.24) is 4.31 Å². The van der Waals surface area contributed by atoms with Gasteiger partial charge in [0, 0.05) is 38.8 Å². The topological polar surface area (TPSA) is 93.0 Å². The highest BCUT2D eigenvalue weighted by Gasteiger charge is 2.31. The second-order valence-electron chi connectivity index (χ2n) is 6.53. The first-order chi connectivity index (χ1) is 13.7. The molecule has 0 bridgehead atoms. The van der Waals surface area contributed by atoms with Gasteiger partial charge in [0.2, 0.25) is 10.0 Å². The standard InChI is InChI=1S/C18H19ClFN3O5S/c1-21(12-13-2-4-15(19)16(20)10-13)17-5-3-14(23(24)25)11-18(17)29(26,27)22-6-8-28-9-7-22/h2-5,10-11H,6-9,12H2,1H3. The van der Waals surface area contributed by atoms with Gasteiger partial charge < -0.3 is 9.64 Å². The van der Waals surface area contributed by atoms with Crippen molar-refractivity contribution >= 4 is 33.0 Å². The SMILES string of the molecule is CN(Cc1ccc(Cl)c(F)c1)c1ccc([N+](=O)[O-])cc1S(=O)(=O)N1CCOCC1. The van der Waals surface area contributed by atoms with Crippen LogP contribution in [0.15, 0.2) is 41.3 Å². The molecule has 1 fully saturated rings. The lowest BCUT2D eigenvalue weighted by Gasteiger charge is -2.29. The minimum atomic E-state index is -3.99. The number of hydrogen-bond acceptors (Lipinski definition) is 6. The maximum absolute atomic E-state index is 13.7. The largest absolute Gasteiger partial charge is 0.379 e. The predicted octanol–water partition coefficient (Wildman–Crippen LogP) is 3.04. The Kier molecular flexibility index (Phi) is 6.37. The van der Waals surface area contributed by atoms with Crippen LogP contribution in [0.4, 0.5) is 15.8 Å². The summed E-state index contributed by atoms with van der Waals surface area (Å²) in [5.41, 5.74) is 0.520. The summed E-state index contributed by atoms with van der Waals surface area (Å²) in [6, 6.07) is 7.99. The van der Waals surface area contributed by atoms with E-state index in [1.165, 1.54) is 28.6 Å². The summed E-state index contributed by atoms with van der Waals surface area (Å²) in [4.78, 5) is 12.0. The molecule has 3 rings (SSSR count). The van der Waals surface area contributed by atoms with Crippen LogP contribution in [0, 0.1) is 15.9 Å². The fraction of sp³-hybridized carbons (Fsp3) is 0.333. The average Bonchev–Trinajstić information content (AvgIpc) is 2.71. The third-order valence-corrected chi connectivity index (χ3v) is 6.79. The van der Waals surface area contributed by atoms with Crippen molar-refractivity contribution in [3.63, 3.8) is 0 Å². The fourth-order valence-electron chi connectivity index (χ4n) is 3.06. The second kappa shape index (κ2) is 8.62. The molecule has 1 aliphatic rings. The first-order valence-corrected chi connectivity index (χ1v) is 10.5. The van der Waals surface area contributed by atoms with Gasteiger partial charge in [-0.1, -0.05) is 17.7 Å². The molecule has 156 valence electrons. The van der Waals surface area contributed by atoms with Crippen LogP contribution in [0.5, 0.6) is 0 Å². The van der Waals surface area contributed by atoms with Crippen molar-refractivity contribution < 1.29 is 22.5 Å². The van der Waals surface area contributed by atoms with E-state index < -0.39 is 20.8 Å². The molecular weight excluding hydrogens is 425 g/mol. The van der Waals surface area contributed by atoms with Crippen molar-refractivity contribution in [3.05, 3.63) is 62.9 Å². The van der Waals surface area contributed by atoms with Gasteiger partial charge in [0.05, 0.1) is 28.8 Å². The monoisotopic (exact) mass is 443 g/mol. The number of ether oxygens (including phenoxy) is 1. The number of sulfonamides is 1. The molecule has 0 spiro atoms. The summed E-state index contributed by atoms with van der Waals surface area (Å²) in [6.45, 7) is 1.01. The summed E-state index contributed by atoms with van der Waals surface area (Å²) in [5, 5.41) is 11.2. The quantitative estimate of drug-likeness (QED) is 0.503. The minimum Gasteiger partial charge on any atom is -0.379 e. The summed E-state index contributed by atoms with van der Waals surface area (Å²) >= 11 is 5.70. The molecule has 1 saturated heterocycles. The van der Waals surface area contributed by atoms with E-state index in [4.69, 9.17) is 16.3 Å². The number of rotatable bonds is 6. The van der Waals surface area contributed by atoms with Crippen molar-refractivity contribution in [2.45, 2.75) is 11.4 Å². The summed E-state index contributed by atoms with van der Waals surface area (Å²) in [7, 11) is -2.36. The van der Waals surface area contributed by atoms with Crippen LogP contribution < -0.4 is 4.90 Å². The number of non-ortho nitro benzene ring substituents is 1. The smallest absolute Gasteiger partial charge is 0.270 e. The van der Waals surface area contributed by atoms with E-state index >= 15 is 0 Å². The van der Waals surface area contributed by atoms with Crippen molar-refractivity contribution in [2.75, 3.05) is 38.3 Å². The molecule has 8 nitrogen and oxygen atoms in total. The van der Waals surface area contributed by atoms with Gasteiger partial charge >= 0.3 is 0 Å². The van der Waals surface area contributed by atoms with E-state index in [1.807, 2.05) is 0 Å². The highest BCUT2D eigenvalue weighted by molar-refractivity contribution is 7.89. The Hall–Kier alpha value is -2.27. The van der Waals surface area contributed by atoms with Crippen LogP contribution >= 0.6 is 11.6 Å². The molecule has 0 atom stereocenters. The molecule has 2 aromatic rings. The van der Waals surface area contributed by atoms with E-state index in [2.05, 4.69) is 0 Å². The Bertz CT molecular complexity index is 1030. The lowest BCUT2D eigenvalue weighted by atomic mass is 10.2. The molecule has 0 aromatic heterocycles. The van der Waals surface area contributed by atoms with Gasteiger partial charge in [0.25, 0.3) is 5.69 Å². The third-order valence-electron chi connectivity index (χ3n) is 4.56. The van der Waals surface area contributed by atoms with Crippen LogP contribution in [0.25, 0.3) is 0 Å². The van der Waals surface area contributed by atoms with Gasteiger partial charge in [-0.15, -0.1) is 0 Å². The molecule has 0 saturated carbocycles. The maximum atomic E-state index is 13.7. The fourth-order valence-corrected chi connectivity index (χ4v) is 4.84. The number of nitro groups is 1. The summed E-state index contributed by atoms with van der Waals surface area (Å²) in [6.07, 6.45) is 0. The van der Waals surface area contributed by atoms with Crippen LogP contribution in [0.2, 0.25) is 5.02 Å². The molecule has 1 aliphatic heterocycles. The number of hydrogen-bond donors (Lipinski definition) is 0. The zero-order valence-electron chi connectivity index (χ0n) is 15.5. The molecule has 29 heavy (non-hydrogen) atoms. The molecule has 0 amide bonds. The van der Waals surface area contributed by atoms with E-state index in [-0.39, 0.29) is 54.1 Å². The highest BCUT2D eigenvalue weighted by atomic mass is 35.5. The van der Waals surface area contributed by atoms with E-state index in [0.717, 1.165) is 6.07 Å². The molecule has 0 radical (unpaired) electrons. The Morgan fingerprint density at radius 2 is 1.93 bits per heavy atom. The van der Waals surface area contributed by atoms with Gasteiger partial charge in [-0.05, 0) is 23.8 Å². The van der Waals surface area contributed by atoms with Crippen molar-refractivity contribution in [2.24, 2.45) is 0 Å². The number of morpholine rings is 1. The van der Waals surface area contributed by atoms with Crippen molar-refractivity contribution in [1.29, 1.82) is 0 Å². The molecule has 0 N–H and O–H groups in total. The van der Waals surface area contributed by atoms with Gasteiger partial charge in [-0.3, -0.25) is 10.1 Å². The van der Waals surface area contributed by atoms with Crippen LogP contribution in [-0.2, 0) is 21.3 Å². The average molecular weight is 444 g/mol. The second-order valence-corrected chi connectivity index (χ2v) is 8.84. The Labute approximate surface area is 172 Å². The Balaban J connectivity index is 2.00. The van der Waals surface area contributed by atoms with Gasteiger partial charge in [0.15, 0.2) is 0 Å². The molecule has 11 heteroatoms. The first kappa shape index (κ1) is 21.4. The zero-order valence-corrected chi connectivity index (χ0v) is 17.1. The van der Waals surface area contributed by atoms with Gasteiger partial charge in [0.1, 0.15) is 10.7 Å². The number of halogens is 2. The van der Waals surface area contributed by atoms with Gasteiger partial charge in [-0.25, -0.2) is 12.8 Å². The predicted molar refractivity (Wildman–Crippen MR) is 106 cm³/mol. The maximum Gasteiger partial charge on any atom is 0.270 e. The summed E-state index contributed by atoms with van der Waals surface area (Å²) < 4.78 is 46.6. The van der Waals surface area contributed by atoms with Crippen molar-refractivity contribution in [3.8, 4) is 0 Å². The van der Waals surface area contributed by atoms with Crippen LogP contribution in [0.3, 0.4) is 0 Å². The van der Waals surface area contributed by atoms with Crippen LogP contribution in [0.1, 0.15) is 5.56 Å². The lowest BCUT2D eigenvalue weighted by Crippen LogP contribution is -2.41. The third kappa shape index (κ3) is 4.67. The molecule has 0 unspecified atom stereocenters. The minimum absolute atomic E-state index is 0.0117.